The first-order valence-corrected chi connectivity index (χ1v) is 13.3. The van der Waals surface area contributed by atoms with Crippen LogP contribution < -0.4 is 15.8 Å². The van der Waals surface area contributed by atoms with E-state index in [9.17, 15) is 18.0 Å². The second-order valence-electron chi connectivity index (χ2n) is 10.8. The molecule has 40 heavy (non-hydrogen) atoms. The van der Waals surface area contributed by atoms with Crippen molar-refractivity contribution in [3.8, 4) is 17.2 Å². The van der Waals surface area contributed by atoms with Crippen LogP contribution in [0.25, 0.3) is 22.4 Å². The number of fused-ring (bicyclic) bond motifs is 1. The summed E-state index contributed by atoms with van der Waals surface area (Å²) >= 11 is 0. The molecule has 210 valence electrons. The van der Waals surface area contributed by atoms with E-state index >= 15 is 0 Å². The van der Waals surface area contributed by atoms with Gasteiger partial charge in [0.2, 0.25) is 5.89 Å². The highest BCUT2D eigenvalue weighted by molar-refractivity contribution is 5.98. The number of benzene rings is 1. The number of amides is 1. The Morgan fingerprint density at radius 3 is 2.75 bits per heavy atom. The molecule has 1 atom stereocenters. The van der Waals surface area contributed by atoms with Gasteiger partial charge >= 0.3 is 6.18 Å². The van der Waals surface area contributed by atoms with E-state index in [4.69, 9.17) is 14.9 Å². The molecule has 0 bridgehead atoms. The van der Waals surface area contributed by atoms with Gasteiger partial charge in [-0.3, -0.25) is 9.69 Å². The molecule has 2 fully saturated rings. The zero-order chi connectivity index (χ0) is 28.1. The molecule has 1 amide bonds. The van der Waals surface area contributed by atoms with E-state index in [2.05, 4.69) is 32.3 Å². The highest BCUT2D eigenvalue weighted by Crippen LogP contribution is 2.53. The van der Waals surface area contributed by atoms with E-state index in [1.165, 1.54) is 38.5 Å². The third-order valence-corrected chi connectivity index (χ3v) is 8.12. The minimum Gasteiger partial charge on any atom is -0.494 e. The number of halogens is 3. The van der Waals surface area contributed by atoms with Crippen molar-refractivity contribution in [2.75, 3.05) is 26.7 Å². The van der Waals surface area contributed by atoms with Crippen LogP contribution in [0.2, 0.25) is 0 Å². The molecule has 0 radical (unpaired) electrons. The van der Waals surface area contributed by atoms with Crippen molar-refractivity contribution in [1.29, 1.82) is 0 Å². The molecule has 3 aromatic rings. The maximum atomic E-state index is 13.3. The average molecular weight is 554 g/mol. The van der Waals surface area contributed by atoms with Crippen molar-refractivity contribution < 1.29 is 27.1 Å². The van der Waals surface area contributed by atoms with Crippen molar-refractivity contribution in [3.63, 3.8) is 0 Å². The molecule has 2 aromatic heterocycles. The molecule has 3 aliphatic rings. The summed E-state index contributed by atoms with van der Waals surface area (Å²) < 4.78 is 51.0. The van der Waals surface area contributed by atoms with Gasteiger partial charge in [0, 0.05) is 30.1 Å². The number of rotatable bonds is 7. The van der Waals surface area contributed by atoms with Crippen LogP contribution in [0.15, 0.2) is 52.5 Å². The maximum absolute atomic E-state index is 13.3. The summed E-state index contributed by atoms with van der Waals surface area (Å²) in [6.45, 7) is 2.51. The minimum atomic E-state index is -4.62. The molecule has 1 spiro atoms. The lowest BCUT2D eigenvalue weighted by atomic mass is 10.0. The molecular weight excluding hydrogens is 523 g/mol. The highest BCUT2D eigenvalue weighted by Gasteiger charge is 2.48. The van der Waals surface area contributed by atoms with E-state index in [1.54, 1.807) is 6.07 Å². The first-order chi connectivity index (χ1) is 19.2. The van der Waals surface area contributed by atoms with Gasteiger partial charge in [0.25, 0.3) is 5.91 Å². The first-order valence-electron chi connectivity index (χ1n) is 13.3. The van der Waals surface area contributed by atoms with Gasteiger partial charge in [-0.1, -0.05) is 18.2 Å². The third kappa shape index (κ3) is 4.99. The lowest BCUT2D eigenvalue weighted by molar-refractivity contribution is -0.140. The van der Waals surface area contributed by atoms with Gasteiger partial charge < -0.3 is 20.2 Å². The fourth-order valence-electron chi connectivity index (χ4n) is 5.69. The topological polar surface area (TPSA) is 107 Å². The van der Waals surface area contributed by atoms with Gasteiger partial charge in [0.15, 0.2) is 11.5 Å². The fraction of sp³-hybridized carbons (Fsp3) is 0.414. The van der Waals surface area contributed by atoms with Crippen molar-refractivity contribution >= 4 is 16.8 Å². The molecular formula is C29H30F3N5O3. The van der Waals surface area contributed by atoms with E-state index in [1.807, 2.05) is 6.08 Å². The number of aromatic nitrogens is 2. The quantitative estimate of drug-likeness (QED) is 0.431. The Balaban J connectivity index is 1.22. The number of nitrogens with one attached hydrogen (secondary N) is 1. The zero-order valence-corrected chi connectivity index (χ0v) is 22.1. The first kappa shape index (κ1) is 26.5. The van der Waals surface area contributed by atoms with Crippen LogP contribution in [0.1, 0.15) is 47.6 Å². The molecule has 1 saturated heterocycles. The van der Waals surface area contributed by atoms with Crippen LogP contribution in [-0.4, -0.2) is 53.6 Å². The molecule has 11 heteroatoms. The van der Waals surface area contributed by atoms with E-state index in [-0.39, 0.29) is 35.2 Å². The number of hydrogen-bond donors (Lipinski definition) is 2. The number of likely N-dealkylation sites (tertiary alicyclic amines) is 1. The van der Waals surface area contributed by atoms with Crippen LogP contribution in [0, 0.1) is 5.41 Å². The molecule has 8 nitrogen and oxygen atoms in total. The second-order valence-corrected chi connectivity index (χ2v) is 10.8. The number of ether oxygens (including phenoxy) is 1. The molecule has 1 unspecified atom stereocenters. The van der Waals surface area contributed by atoms with Gasteiger partial charge in [-0.25, -0.2) is 9.97 Å². The molecule has 3 N–H and O–H groups in total. The van der Waals surface area contributed by atoms with Gasteiger partial charge in [0.1, 0.15) is 17.0 Å². The number of methoxy groups -OCH3 is 1. The van der Waals surface area contributed by atoms with E-state index in [0.717, 1.165) is 31.1 Å². The third-order valence-electron chi connectivity index (χ3n) is 8.12. The molecule has 3 heterocycles. The van der Waals surface area contributed by atoms with Crippen molar-refractivity contribution in [2.24, 2.45) is 11.1 Å². The highest BCUT2D eigenvalue weighted by atomic mass is 19.4. The van der Waals surface area contributed by atoms with E-state index < -0.39 is 17.8 Å². The number of alkyl halides is 3. The molecule has 2 aliphatic carbocycles. The Morgan fingerprint density at radius 2 is 2.05 bits per heavy atom. The summed E-state index contributed by atoms with van der Waals surface area (Å²) in [5.41, 5.74) is 6.80. The summed E-state index contributed by atoms with van der Waals surface area (Å²) in [6, 6.07) is 5.60. The smallest absolute Gasteiger partial charge is 0.433 e. The summed E-state index contributed by atoms with van der Waals surface area (Å²) in [5.74, 6) is -0.0454. The number of carbonyl (C=O) groups excluding carboxylic acids is 1. The van der Waals surface area contributed by atoms with Crippen LogP contribution in [0.3, 0.4) is 0 Å². The second kappa shape index (κ2) is 10.0. The Morgan fingerprint density at radius 1 is 1.23 bits per heavy atom. The average Bonchev–Trinajstić information content (AvgIpc) is 3.37. The maximum Gasteiger partial charge on any atom is 0.433 e. The van der Waals surface area contributed by atoms with Crippen LogP contribution >= 0.6 is 0 Å². The molecule has 1 aromatic carbocycles. The Kier molecular flexibility index (Phi) is 6.66. The Bertz CT molecular complexity index is 1520. The number of nitrogens with two attached hydrogens (primary N) is 1. The molecule has 6 rings (SSSR count). The van der Waals surface area contributed by atoms with Crippen LogP contribution in [-0.2, 0) is 12.7 Å². The normalized spacial score (nSPS) is 20.2. The summed E-state index contributed by atoms with van der Waals surface area (Å²) in [7, 11) is 1.35. The predicted octanol–water partition coefficient (Wildman–Crippen LogP) is 4.85. The largest absolute Gasteiger partial charge is 0.494 e. The lowest BCUT2D eigenvalue weighted by Gasteiger charge is -2.27. The fourth-order valence-corrected chi connectivity index (χ4v) is 5.69. The van der Waals surface area contributed by atoms with E-state index in [0.29, 0.717) is 29.0 Å². The lowest BCUT2D eigenvalue weighted by Crippen LogP contribution is -2.34. The van der Waals surface area contributed by atoms with Crippen molar-refractivity contribution in [1.82, 2.24) is 20.2 Å². The summed E-state index contributed by atoms with van der Waals surface area (Å²) in [4.78, 5) is 23.9. The number of nitrogens with zero attached hydrogens (tertiary/aromatic N) is 3. The zero-order valence-electron chi connectivity index (χ0n) is 22.1. The van der Waals surface area contributed by atoms with Crippen molar-refractivity contribution in [2.45, 2.75) is 44.4 Å². The van der Waals surface area contributed by atoms with Gasteiger partial charge in [0.05, 0.1) is 13.7 Å². The monoisotopic (exact) mass is 553 g/mol. The number of pyridine rings is 1. The van der Waals surface area contributed by atoms with Gasteiger partial charge in [-0.05, 0) is 67.5 Å². The molecule has 1 aliphatic heterocycles. The Hall–Kier alpha value is -3.70. The van der Waals surface area contributed by atoms with Crippen LogP contribution in [0.5, 0.6) is 5.75 Å². The van der Waals surface area contributed by atoms with Gasteiger partial charge in [-0.15, -0.1) is 0 Å². The summed E-state index contributed by atoms with van der Waals surface area (Å²) in [5, 5.41) is 3.25. The number of hydrogen-bond acceptors (Lipinski definition) is 7. The SMILES string of the molecule is COc1ccc(-c2nc(C(=O)NCC3=CC(N4CCC5(CC5)C4)CC=C3)c(CN)o2)c2ccc(C(F)(F)F)nc12. The van der Waals surface area contributed by atoms with Crippen LogP contribution in [0.4, 0.5) is 13.2 Å². The molecule has 1 saturated carbocycles. The minimum absolute atomic E-state index is 0.00418. The van der Waals surface area contributed by atoms with Gasteiger partial charge in [-0.2, -0.15) is 13.2 Å². The standard InChI is InChI=1S/C29H30F3N5O3/c1-39-21-7-5-20(19-6-8-23(29(30,31)32)35-24(19)21)27-36-25(22(14-33)40-27)26(38)34-15-17-3-2-4-18(13-17)37-12-11-28(16-37)9-10-28/h2-3,5-8,13,18H,4,9-12,14-16,33H2,1H3,(H,34,38). The Labute approximate surface area is 229 Å². The summed E-state index contributed by atoms with van der Waals surface area (Å²) in [6.07, 6.45) is 6.69. The predicted molar refractivity (Wildman–Crippen MR) is 143 cm³/mol. The number of carbonyl (C=O) groups is 1. The number of oxazole rings is 1. The van der Waals surface area contributed by atoms with Crippen molar-refractivity contribution in [3.05, 3.63) is 65.2 Å².